The summed E-state index contributed by atoms with van der Waals surface area (Å²) in [5.74, 6) is -0.0316. The lowest BCUT2D eigenvalue weighted by Gasteiger charge is -2.19. The second kappa shape index (κ2) is 5.93. The van der Waals surface area contributed by atoms with Gasteiger partial charge in [0.2, 0.25) is 0 Å². The SMILES string of the molecule is CC(c1ccncc1)C(Br)c1ccc(Br)cc1F. The number of pyridine rings is 1. The van der Waals surface area contributed by atoms with Crippen molar-refractivity contribution in [2.45, 2.75) is 17.7 Å². The summed E-state index contributed by atoms with van der Waals surface area (Å²) in [4.78, 5) is 3.93. The summed E-state index contributed by atoms with van der Waals surface area (Å²) in [6.45, 7) is 2.07. The summed E-state index contributed by atoms with van der Waals surface area (Å²) >= 11 is 6.85. The number of aromatic nitrogens is 1. The van der Waals surface area contributed by atoms with E-state index in [-0.39, 0.29) is 16.6 Å². The van der Waals surface area contributed by atoms with Crippen LogP contribution in [0.3, 0.4) is 0 Å². The van der Waals surface area contributed by atoms with Crippen LogP contribution in [0.4, 0.5) is 4.39 Å². The molecule has 0 fully saturated rings. The van der Waals surface area contributed by atoms with Gasteiger partial charge in [-0.15, -0.1) is 0 Å². The van der Waals surface area contributed by atoms with Crippen molar-refractivity contribution in [2.75, 3.05) is 0 Å². The Balaban J connectivity index is 2.28. The van der Waals surface area contributed by atoms with E-state index < -0.39 is 0 Å². The lowest BCUT2D eigenvalue weighted by Crippen LogP contribution is -2.04. The van der Waals surface area contributed by atoms with Gasteiger partial charge in [0.1, 0.15) is 5.82 Å². The minimum atomic E-state index is -0.202. The van der Waals surface area contributed by atoms with E-state index in [2.05, 4.69) is 43.8 Å². The maximum atomic E-state index is 13.9. The number of halogens is 3. The first-order chi connectivity index (χ1) is 8.59. The maximum Gasteiger partial charge on any atom is 0.128 e. The minimum absolute atomic E-state index is 0.0620. The zero-order valence-electron chi connectivity index (χ0n) is 9.78. The molecule has 0 aliphatic heterocycles. The maximum absolute atomic E-state index is 13.9. The largest absolute Gasteiger partial charge is 0.265 e. The fourth-order valence-electron chi connectivity index (χ4n) is 1.83. The number of alkyl halides is 1. The van der Waals surface area contributed by atoms with Crippen molar-refractivity contribution in [3.05, 3.63) is 64.1 Å². The number of benzene rings is 1. The van der Waals surface area contributed by atoms with Crippen molar-refractivity contribution in [3.63, 3.8) is 0 Å². The molecule has 0 radical (unpaired) electrons. The normalized spacial score (nSPS) is 14.2. The molecule has 18 heavy (non-hydrogen) atoms. The summed E-state index contributed by atoms with van der Waals surface area (Å²) in [6.07, 6.45) is 3.51. The lowest BCUT2D eigenvalue weighted by molar-refractivity contribution is 0.595. The Bertz CT molecular complexity index is 531. The molecule has 0 aliphatic rings. The van der Waals surface area contributed by atoms with Crippen LogP contribution in [0.15, 0.2) is 47.2 Å². The second-order valence-corrected chi connectivity index (χ2v) is 6.04. The van der Waals surface area contributed by atoms with Gasteiger partial charge >= 0.3 is 0 Å². The molecular formula is C14H12Br2FN. The molecule has 0 saturated heterocycles. The van der Waals surface area contributed by atoms with Crippen molar-refractivity contribution < 1.29 is 4.39 Å². The lowest BCUT2D eigenvalue weighted by atomic mass is 9.94. The van der Waals surface area contributed by atoms with Gasteiger partial charge in [-0.1, -0.05) is 44.8 Å². The van der Waals surface area contributed by atoms with Crippen LogP contribution in [0.25, 0.3) is 0 Å². The van der Waals surface area contributed by atoms with Crippen molar-refractivity contribution in [1.82, 2.24) is 4.98 Å². The third kappa shape index (κ3) is 2.98. The van der Waals surface area contributed by atoms with Crippen LogP contribution in [-0.4, -0.2) is 4.98 Å². The van der Waals surface area contributed by atoms with Crippen LogP contribution in [0, 0.1) is 5.82 Å². The molecule has 4 heteroatoms. The molecular weight excluding hydrogens is 361 g/mol. The first-order valence-corrected chi connectivity index (χ1v) is 7.29. The topological polar surface area (TPSA) is 12.9 Å². The highest BCUT2D eigenvalue weighted by Crippen LogP contribution is 2.39. The summed E-state index contributed by atoms with van der Waals surface area (Å²) in [5.41, 5.74) is 1.80. The van der Waals surface area contributed by atoms with Gasteiger partial charge < -0.3 is 0 Å². The number of hydrogen-bond donors (Lipinski definition) is 0. The first kappa shape index (κ1) is 13.7. The predicted octanol–water partition coefficient (Wildman–Crippen LogP) is 5.22. The average molecular weight is 373 g/mol. The summed E-state index contributed by atoms with van der Waals surface area (Å²) < 4.78 is 14.7. The predicted molar refractivity (Wildman–Crippen MR) is 78.4 cm³/mol. The molecule has 1 aromatic heterocycles. The molecule has 0 saturated carbocycles. The molecule has 1 nitrogen and oxygen atoms in total. The van der Waals surface area contributed by atoms with Gasteiger partial charge in [0.25, 0.3) is 0 Å². The molecule has 0 spiro atoms. The van der Waals surface area contributed by atoms with Crippen LogP contribution in [0.5, 0.6) is 0 Å². The number of nitrogens with zero attached hydrogens (tertiary/aromatic N) is 1. The van der Waals surface area contributed by atoms with Gasteiger partial charge in [-0.05, 0) is 35.7 Å². The first-order valence-electron chi connectivity index (χ1n) is 5.58. The Morgan fingerprint density at radius 1 is 1.17 bits per heavy atom. The van der Waals surface area contributed by atoms with Crippen LogP contribution in [0.1, 0.15) is 28.8 Å². The highest BCUT2D eigenvalue weighted by molar-refractivity contribution is 9.10. The van der Waals surface area contributed by atoms with Crippen molar-refractivity contribution in [3.8, 4) is 0 Å². The standard InChI is InChI=1S/C14H12Br2FN/c1-9(10-4-6-18-7-5-10)14(16)12-3-2-11(15)8-13(12)17/h2-9,14H,1H3. The highest BCUT2D eigenvalue weighted by Gasteiger charge is 2.20. The zero-order chi connectivity index (χ0) is 13.1. The third-order valence-electron chi connectivity index (χ3n) is 2.93. The molecule has 1 aromatic carbocycles. The smallest absolute Gasteiger partial charge is 0.128 e. The Morgan fingerprint density at radius 2 is 1.83 bits per heavy atom. The van der Waals surface area contributed by atoms with E-state index in [0.29, 0.717) is 5.56 Å². The third-order valence-corrected chi connectivity index (χ3v) is 4.71. The zero-order valence-corrected chi connectivity index (χ0v) is 12.9. The molecule has 2 atom stereocenters. The Labute approximate surface area is 123 Å². The molecule has 2 rings (SSSR count). The molecule has 1 heterocycles. The summed E-state index contributed by atoms with van der Waals surface area (Å²) in [7, 11) is 0. The molecule has 2 unspecified atom stereocenters. The quantitative estimate of drug-likeness (QED) is 0.673. The molecule has 0 amide bonds. The van der Waals surface area contributed by atoms with Crippen LogP contribution >= 0.6 is 31.9 Å². The Hall–Kier alpha value is -0.740. The monoisotopic (exact) mass is 371 g/mol. The molecule has 2 aromatic rings. The van der Waals surface area contributed by atoms with E-state index in [1.165, 1.54) is 6.07 Å². The average Bonchev–Trinajstić information content (AvgIpc) is 2.38. The van der Waals surface area contributed by atoms with Crippen molar-refractivity contribution in [2.24, 2.45) is 0 Å². The van der Waals surface area contributed by atoms with Gasteiger partial charge in [-0.25, -0.2) is 4.39 Å². The Morgan fingerprint density at radius 3 is 2.44 bits per heavy atom. The molecule has 0 N–H and O–H groups in total. The van der Waals surface area contributed by atoms with Gasteiger partial charge in [0.05, 0.1) is 0 Å². The number of rotatable bonds is 3. The number of hydrogen-bond acceptors (Lipinski definition) is 1. The molecule has 94 valence electrons. The summed E-state index contributed by atoms with van der Waals surface area (Å²) in [6, 6.07) is 9.05. The van der Waals surface area contributed by atoms with E-state index in [1.54, 1.807) is 18.5 Å². The van der Waals surface area contributed by atoms with E-state index in [1.807, 2.05) is 18.2 Å². The van der Waals surface area contributed by atoms with E-state index in [0.717, 1.165) is 10.0 Å². The highest BCUT2D eigenvalue weighted by atomic mass is 79.9. The van der Waals surface area contributed by atoms with E-state index >= 15 is 0 Å². The fourth-order valence-corrected chi connectivity index (χ4v) is 2.84. The molecule has 0 aliphatic carbocycles. The summed E-state index contributed by atoms with van der Waals surface area (Å²) in [5, 5.41) is 0. The van der Waals surface area contributed by atoms with Crippen molar-refractivity contribution >= 4 is 31.9 Å². The fraction of sp³-hybridized carbons (Fsp3) is 0.214. The second-order valence-electron chi connectivity index (χ2n) is 4.14. The Kier molecular flexibility index (Phi) is 4.51. The van der Waals surface area contributed by atoms with Crippen LogP contribution in [-0.2, 0) is 0 Å². The van der Waals surface area contributed by atoms with Gasteiger partial charge in [0, 0.05) is 27.3 Å². The van der Waals surface area contributed by atoms with E-state index in [4.69, 9.17) is 0 Å². The van der Waals surface area contributed by atoms with Crippen LogP contribution < -0.4 is 0 Å². The van der Waals surface area contributed by atoms with Gasteiger partial charge in [-0.2, -0.15) is 0 Å². The van der Waals surface area contributed by atoms with Crippen molar-refractivity contribution in [1.29, 1.82) is 0 Å². The minimum Gasteiger partial charge on any atom is -0.265 e. The molecule has 0 bridgehead atoms. The van der Waals surface area contributed by atoms with Gasteiger partial charge in [0.15, 0.2) is 0 Å². The van der Waals surface area contributed by atoms with E-state index in [9.17, 15) is 4.39 Å². The van der Waals surface area contributed by atoms with Crippen LogP contribution in [0.2, 0.25) is 0 Å². The van der Waals surface area contributed by atoms with Gasteiger partial charge in [-0.3, -0.25) is 4.98 Å².